The maximum Gasteiger partial charge on any atom is 0.219 e. The lowest BCUT2D eigenvalue weighted by Crippen LogP contribution is -2.16. The van der Waals surface area contributed by atoms with E-state index in [1.165, 1.54) is 0 Å². The van der Waals surface area contributed by atoms with Gasteiger partial charge >= 0.3 is 0 Å². The van der Waals surface area contributed by atoms with Gasteiger partial charge in [-0.2, -0.15) is 0 Å². The minimum Gasteiger partial charge on any atom is -0.370 e. The second-order valence-corrected chi connectivity index (χ2v) is 3.09. The molecule has 14 heavy (non-hydrogen) atoms. The van der Waals surface area contributed by atoms with E-state index in [-0.39, 0.29) is 5.91 Å². The molecule has 0 atom stereocenters. The summed E-state index contributed by atoms with van der Waals surface area (Å²) in [4.78, 5) is 18.9. The van der Waals surface area contributed by atoms with Crippen molar-refractivity contribution in [2.45, 2.75) is 20.3 Å². The number of hydrogen-bond acceptors (Lipinski definition) is 4. The van der Waals surface area contributed by atoms with E-state index in [2.05, 4.69) is 15.3 Å². The van der Waals surface area contributed by atoms with Gasteiger partial charge in [0.2, 0.25) is 5.91 Å². The van der Waals surface area contributed by atoms with E-state index in [0.717, 1.165) is 11.4 Å². The number of carbonyl (C=O) groups excluding carboxylic acids is 1. The van der Waals surface area contributed by atoms with Crippen LogP contribution in [0.3, 0.4) is 0 Å². The SMILES string of the molecule is Cc1cnc(C)c(NCCC(N)=O)n1. The van der Waals surface area contributed by atoms with Crippen LogP contribution in [-0.2, 0) is 4.79 Å². The number of primary amides is 1. The van der Waals surface area contributed by atoms with Crippen LogP contribution in [0.2, 0.25) is 0 Å². The summed E-state index contributed by atoms with van der Waals surface area (Å²) in [6.07, 6.45) is 2.00. The number of nitrogens with zero attached hydrogens (tertiary/aromatic N) is 2. The lowest BCUT2D eigenvalue weighted by atomic mass is 10.3. The number of rotatable bonds is 4. The molecule has 1 amide bonds. The van der Waals surface area contributed by atoms with Gasteiger partial charge in [-0.05, 0) is 13.8 Å². The maximum atomic E-state index is 10.5. The predicted molar refractivity (Wildman–Crippen MR) is 53.8 cm³/mol. The minimum absolute atomic E-state index is 0.301. The summed E-state index contributed by atoms with van der Waals surface area (Å²) in [7, 11) is 0. The normalized spacial score (nSPS) is 9.86. The smallest absolute Gasteiger partial charge is 0.219 e. The van der Waals surface area contributed by atoms with Gasteiger partial charge in [-0.3, -0.25) is 9.78 Å². The molecule has 1 rings (SSSR count). The molecule has 1 heterocycles. The molecular formula is C9H14N4O. The number of nitrogens with two attached hydrogens (primary N) is 1. The fourth-order valence-electron chi connectivity index (χ4n) is 1.01. The van der Waals surface area contributed by atoms with Gasteiger partial charge in [0.1, 0.15) is 5.82 Å². The monoisotopic (exact) mass is 194 g/mol. The first-order valence-electron chi connectivity index (χ1n) is 4.42. The molecule has 3 N–H and O–H groups in total. The highest BCUT2D eigenvalue weighted by molar-refractivity contribution is 5.74. The summed E-state index contributed by atoms with van der Waals surface area (Å²) in [5.41, 5.74) is 6.67. The van der Waals surface area contributed by atoms with E-state index in [0.29, 0.717) is 18.8 Å². The van der Waals surface area contributed by atoms with Crippen molar-refractivity contribution in [3.63, 3.8) is 0 Å². The number of anilines is 1. The average molecular weight is 194 g/mol. The number of carbonyl (C=O) groups is 1. The van der Waals surface area contributed by atoms with Crippen molar-refractivity contribution in [1.82, 2.24) is 9.97 Å². The Hall–Kier alpha value is -1.65. The summed E-state index contributed by atoms with van der Waals surface area (Å²) >= 11 is 0. The Morgan fingerprint density at radius 1 is 1.57 bits per heavy atom. The molecule has 0 aromatic carbocycles. The van der Waals surface area contributed by atoms with E-state index in [1.807, 2.05) is 13.8 Å². The van der Waals surface area contributed by atoms with Gasteiger partial charge in [0.05, 0.1) is 11.4 Å². The molecule has 0 saturated carbocycles. The standard InChI is InChI=1S/C9H14N4O/c1-6-5-12-7(2)9(13-6)11-4-3-8(10)14/h5H,3-4H2,1-2H3,(H2,10,14)(H,11,13). The Morgan fingerprint density at radius 2 is 2.29 bits per heavy atom. The van der Waals surface area contributed by atoms with Crippen LogP contribution in [0.15, 0.2) is 6.20 Å². The van der Waals surface area contributed by atoms with Crippen molar-refractivity contribution >= 4 is 11.7 Å². The number of hydrogen-bond donors (Lipinski definition) is 2. The van der Waals surface area contributed by atoms with Crippen molar-refractivity contribution < 1.29 is 4.79 Å². The molecule has 0 aliphatic carbocycles. The predicted octanol–water partition coefficient (Wildman–Crippen LogP) is 0.381. The second-order valence-electron chi connectivity index (χ2n) is 3.09. The molecule has 0 aliphatic rings. The molecule has 76 valence electrons. The molecule has 0 radical (unpaired) electrons. The summed E-state index contributed by atoms with van der Waals surface area (Å²) in [6.45, 7) is 4.22. The molecule has 1 aromatic rings. The van der Waals surface area contributed by atoms with Crippen LogP contribution in [-0.4, -0.2) is 22.4 Å². The van der Waals surface area contributed by atoms with Crippen LogP contribution in [0.4, 0.5) is 5.82 Å². The van der Waals surface area contributed by atoms with Crippen LogP contribution < -0.4 is 11.1 Å². The van der Waals surface area contributed by atoms with Gasteiger partial charge in [-0.1, -0.05) is 0 Å². The molecule has 0 unspecified atom stereocenters. The number of nitrogens with one attached hydrogen (secondary N) is 1. The van der Waals surface area contributed by atoms with Crippen LogP contribution in [0.1, 0.15) is 17.8 Å². The Morgan fingerprint density at radius 3 is 2.93 bits per heavy atom. The third-order valence-corrected chi connectivity index (χ3v) is 1.74. The zero-order valence-corrected chi connectivity index (χ0v) is 8.37. The van der Waals surface area contributed by atoms with E-state index >= 15 is 0 Å². The highest BCUT2D eigenvalue weighted by Gasteiger charge is 2.01. The van der Waals surface area contributed by atoms with E-state index in [1.54, 1.807) is 6.20 Å². The first-order valence-corrected chi connectivity index (χ1v) is 4.42. The van der Waals surface area contributed by atoms with Gasteiger partial charge < -0.3 is 11.1 Å². The average Bonchev–Trinajstić information content (AvgIpc) is 2.10. The molecule has 0 fully saturated rings. The molecule has 5 nitrogen and oxygen atoms in total. The third kappa shape index (κ3) is 3.01. The second kappa shape index (κ2) is 4.55. The van der Waals surface area contributed by atoms with Crippen molar-refractivity contribution in [2.75, 3.05) is 11.9 Å². The molecule has 1 aromatic heterocycles. The van der Waals surface area contributed by atoms with E-state index in [9.17, 15) is 4.79 Å². The largest absolute Gasteiger partial charge is 0.370 e. The highest BCUT2D eigenvalue weighted by atomic mass is 16.1. The maximum absolute atomic E-state index is 10.5. The lowest BCUT2D eigenvalue weighted by Gasteiger charge is -2.06. The highest BCUT2D eigenvalue weighted by Crippen LogP contribution is 2.07. The first-order chi connectivity index (χ1) is 6.59. The van der Waals surface area contributed by atoms with Gasteiger partial charge in [0, 0.05) is 19.2 Å². The molecule has 0 spiro atoms. The van der Waals surface area contributed by atoms with Crippen molar-refractivity contribution in [2.24, 2.45) is 5.73 Å². The van der Waals surface area contributed by atoms with E-state index in [4.69, 9.17) is 5.73 Å². The van der Waals surface area contributed by atoms with Gasteiger partial charge in [0.25, 0.3) is 0 Å². The van der Waals surface area contributed by atoms with Crippen LogP contribution >= 0.6 is 0 Å². The quantitative estimate of drug-likeness (QED) is 0.726. The van der Waals surface area contributed by atoms with Gasteiger partial charge in [0.15, 0.2) is 0 Å². The third-order valence-electron chi connectivity index (χ3n) is 1.74. The van der Waals surface area contributed by atoms with Crippen molar-refractivity contribution in [1.29, 1.82) is 0 Å². The molecular weight excluding hydrogens is 180 g/mol. The summed E-state index contributed by atoms with van der Waals surface area (Å²) in [5, 5.41) is 3.01. The fourth-order valence-corrected chi connectivity index (χ4v) is 1.01. The van der Waals surface area contributed by atoms with E-state index < -0.39 is 0 Å². The molecule has 5 heteroatoms. The first kappa shape index (κ1) is 10.4. The molecule has 0 saturated heterocycles. The minimum atomic E-state index is -0.323. The van der Waals surface area contributed by atoms with Crippen molar-refractivity contribution in [3.05, 3.63) is 17.6 Å². The van der Waals surface area contributed by atoms with Gasteiger partial charge in [-0.15, -0.1) is 0 Å². The van der Waals surface area contributed by atoms with Crippen LogP contribution in [0, 0.1) is 13.8 Å². The zero-order valence-electron chi connectivity index (χ0n) is 8.37. The Labute approximate surface area is 82.7 Å². The topological polar surface area (TPSA) is 80.9 Å². The summed E-state index contributed by atoms with van der Waals surface area (Å²) in [5.74, 6) is 0.391. The fraction of sp³-hybridized carbons (Fsp3) is 0.444. The van der Waals surface area contributed by atoms with Crippen molar-refractivity contribution in [3.8, 4) is 0 Å². The Kier molecular flexibility index (Phi) is 3.39. The zero-order chi connectivity index (χ0) is 10.6. The Bertz CT molecular complexity index is 338. The van der Waals surface area contributed by atoms with Gasteiger partial charge in [-0.25, -0.2) is 4.98 Å². The lowest BCUT2D eigenvalue weighted by molar-refractivity contribution is -0.117. The Balaban J connectivity index is 2.57. The summed E-state index contributed by atoms with van der Waals surface area (Å²) < 4.78 is 0. The molecule has 0 aliphatic heterocycles. The molecule has 0 bridgehead atoms. The van der Waals surface area contributed by atoms with Crippen LogP contribution in [0.25, 0.3) is 0 Å². The number of aryl methyl sites for hydroxylation is 2. The number of amides is 1. The van der Waals surface area contributed by atoms with Crippen LogP contribution in [0.5, 0.6) is 0 Å². The summed E-state index contributed by atoms with van der Waals surface area (Å²) in [6, 6.07) is 0. The number of aromatic nitrogens is 2.